The van der Waals surface area contributed by atoms with Crippen LogP contribution in [0.4, 0.5) is 13.2 Å². The van der Waals surface area contributed by atoms with E-state index in [0.717, 1.165) is 31.4 Å². The first-order valence-electron chi connectivity index (χ1n) is 9.16. The Kier molecular flexibility index (Phi) is 10.2. The zero-order chi connectivity index (χ0) is 20.8. The van der Waals surface area contributed by atoms with Crippen molar-refractivity contribution in [1.82, 2.24) is 14.9 Å². The number of rotatable bonds is 8. The van der Waals surface area contributed by atoms with Crippen LogP contribution in [0.15, 0.2) is 29.3 Å². The monoisotopic (exact) mass is 548 g/mol. The number of nitrogens with one attached hydrogen (secondary N) is 2. The SMILES string of the molecule is CN=C(NCCS(=O)(=O)NCC1CCC1)N(C)Cc1ccc(C(F)(F)F)cc1.I. The van der Waals surface area contributed by atoms with Crippen molar-refractivity contribution >= 4 is 40.0 Å². The lowest BCUT2D eigenvalue weighted by atomic mass is 9.86. The summed E-state index contributed by atoms with van der Waals surface area (Å²) in [6.45, 7) is 1.01. The second-order valence-electron chi connectivity index (χ2n) is 6.99. The van der Waals surface area contributed by atoms with Crippen molar-refractivity contribution in [3.05, 3.63) is 35.4 Å². The third-order valence-corrected chi connectivity index (χ3v) is 6.09. The molecule has 0 aromatic heterocycles. The first kappa shape index (κ1) is 26.0. The summed E-state index contributed by atoms with van der Waals surface area (Å²) in [7, 11) is -0.0557. The molecule has 2 rings (SSSR count). The highest BCUT2D eigenvalue weighted by atomic mass is 127. The Labute approximate surface area is 187 Å². The zero-order valence-electron chi connectivity index (χ0n) is 16.5. The summed E-state index contributed by atoms with van der Waals surface area (Å²) in [4.78, 5) is 5.81. The van der Waals surface area contributed by atoms with Gasteiger partial charge in [0.05, 0.1) is 11.3 Å². The summed E-state index contributed by atoms with van der Waals surface area (Å²) in [5, 5.41) is 2.97. The maximum absolute atomic E-state index is 12.6. The molecule has 166 valence electrons. The Morgan fingerprint density at radius 3 is 2.34 bits per heavy atom. The van der Waals surface area contributed by atoms with E-state index in [2.05, 4.69) is 15.0 Å². The van der Waals surface area contributed by atoms with Crippen LogP contribution in [0.3, 0.4) is 0 Å². The van der Waals surface area contributed by atoms with Crippen molar-refractivity contribution in [3.63, 3.8) is 0 Å². The van der Waals surface area contributed by atoms with E-state index in [0.29, 0.717) is 30.5 Å². The van der Waals surface area contributed by atoms with Gasteiger partial charge in [-0.1, -0.05) is 18.6 Å². The van der Waals surface area contributed by atoms with Crippen LogP contribution in [0.25, 0.3) is 0 Å². The minimum atomic E-state index is -4.36. The predicted octanol–water partition coefficient (Wildman–Crippen LogP) is 3.05. The van der Waals surface area contributed by atoms with Gasteiger partial charge in [0, 0.05) is 33.7 Å². The van der Waals surface area contributed by atoms with Gasteiger partial charge >= 0.3 is 6.18 Å². The predicted molar refractivity (Wildman–Crippen MR) is 119 cm³/mol. The van der Waals surface area contributed by atoms with Crippen LogP contribution in [-0.2, 0) is 22.7 Å². The van der Waals surface area contributed by atoms with Crippen LogP contribution < -0.4 is 10.0 Å². The lowest BCUT2D eigenvalue weighted by Crippen LogP contribution is -2.42. The molecule has 6 nitrogen and oxygen atoms in total. The number of hydrogen-bond donors (Lipinski definition) is 2. The molecule has 0 atom stereocenters. The molecule has 1 saturated carbocycles. The summed E-state index contributed by atoms with van der Waals surface area (Å²) in [6.07, 6.45) is -1.06. The smallest absolute Gasteiger partial charge is 0.355 e. The molecule has 0 aliphatic heterocycles. The molecule has 1 aromatic rings. The minimum Gasteiger partial charge on any atom is -0.355 e. The van der Waals surface area contributed by atoms with E-state index in [-0.39, 0.29) is 36.3 Å². The van der Waals surface area contributed by atoms with E-state index >= 15 is 0 Å². The highest BCUT2D eigenvalue weighted by Gasteiger charge is 2.30. The number of hydrogen-bond acceptors (Lipinski definition) is 3. The molecule has 0 unspecified atom stereocenters. The summed E-state index contributed by atoms with van der Waals surface area (Å²) in [6, 6.07) is 4.92. The molecule has 0 saturated heterocycles. The second-order valence-corrected chi connectivity index (χ2v) is 8.92. The molecule has 0 amide bonds. The molecule has 0 spiro atoms. The van der Waals surface area contributed by atoms with Gasteiger partial charge in [0.1, 0.15) is 0 Å². The normalized spacial score (nSPS) is 15.4. The number of halogens is 4. The lowest BCUT2D eigenvalue weighted by Gasteiger charge is -2.25. The van der Waals surface area contributed by atoms with Gasteiger partial charge in [-0.25, -0.2) is 13.1 Å². The molecular weight excluding hydrogens is 520 g/mol. The molecule has 11 heteroatoms. The van der Waals surface area contributed by atoms with Crippen LogP contribution in [0.2, 0.25) is 0 Å². The third kappa shape index (κ3) is 8.67. The van der Waals surface area contributed by atoms with E-state index in [4.69, 9.17) is 0 Å². The fourth-order valence-electron chi connectivity index (χ4n) is 2.84. The largest absolute Gasteiger partial charge is 0.416 e. The van der Waals surface area contributed by atoms with Crippen LogP contribution >= 0.6 is 24.0 Å². The summed E-state index contributed by atoms with van der Waals surface area (Å²) >= 11 is 0. The van der Waals surface area contributed by atoms with Gasteiger partial charge in [0.25, 0.3) is 0 Å². The van der Waals surface area contributed by atoms with E-state index in [1.165, 1.54) is 12.1 Å². The Balaban J connectivity index is 0.00000420. The second kappa shape index (κ2) is 11.3. The standard InChI is InChI=1S/C18H27F3N4O2S.HI/c1-22-17(23-10-11-28(26,27)24-12-14-4-3-5-14)25(2)13-15-6-8-16(9-7-15)18(19,20)21;/h6-9,14,24H,3-5,10-13H2,1-2H3,(H,22,23);1H. The fourth-order valence-corrected chi connectivity index (χ4v) is 3.85. The summed E-state index contributed by atoms with van der Waals surface area (Å²) in [5.74, 6) is 0.840. The lowest BCUT2D eigenvalue weighted by molar-refractivity contribution is -0.137. The Morgan fingerprint density at radius 1 is 1.24 bits per heavy atom. The van der Waals surface area contributed by atoms with Crippen molar-refractivity contribution in [1.29, 1.82) is 0 Å². The number of nitrogens with zero attached hydrogens (tertiary/aromatic N) is 2. The molecule has 0 bridgehead atoms. The number of sulfonamides is 1. The zero-order valence-corrected chi connectivity index (χ0v) is 19.6. The van der Waals surface area contributed by atoms with Gasteiger partial charge in [0.2, 0.25) is 10.0 Å². The van der Waals surface area contributed by atoms with E-state index in [1.807, 2.05) is 0 Å². The molecule has 1 fully saturated rings. The van der Waals surface area contributed by atoms with E-state index in [1.54, 1.807) is 19.0 Å². The van der Waals surface area contributed by atoms with Crippen molar-refractivity contribution in [2.45, 2.75) is 32.0 Å². The van der Waals surface area contributed by atoms with Crippen LogP contribution in [0.1, 0.15) is 30.4 Å². The molecule has 0 heterocycles. The number of alkyl halides is 3. The molecule has 0 radical (unpaired) electrons. The van der Waals surface area contributed by atoms with Gasteiger partial charge < -0.3 is 10.2 Å². The van der Waals surface area contributed by atoms with Crippen molar-refractivity contribution in [2.75, 3.05) is 32.9 Å². The third-order valence-electron chi connectivity index (χ3n) is 4.74. The summed E-state index contributed by atoms with van der Waals surface area (Å²) in [5.41, 5.74) is -0.00532. The molecule has 1 aromatic carbocycles. The van der Waals surface area contributed by atoms with Crippen LogP contribution in [-0.4, -0.2) is 52.2 Å². The topological polar surface area (TPSA) is 73.8 Å². The average Bonchev–Trinajstić information content (AvgIpc) is 2.56. The highest BCUT2D eigenvalue weighted by molar-refractivity contribution is 14.0. The van der Waals surface area contributed by atoms with Gasteiger partial charge in [-0.3, -0.25) is 4.99 Å². The first-order valence-corrected chi connectivity index (χ1v) is 10.8. The Hall–Kier alpha value is -1.08. The van der Waals surface area contributed by atoms with Crippen molar-refractivity contribution in [2.24, 2.45) is 10.9 Å². The van der Waals surface area contributed by atoms with E-state index in [9.17, 15) is 21.6 Å². The van der Waals surface area contributed by atoms with Gasteiger partial charge in [-0.2, -0.15) is 13.2 Å². The van der Waals surface area contributed by atoms with Gasteiger partial charge in [0.15, 0.2) is 5.96 Å². The average molecular weight is 548 g/mol. The van der Waals surface area contributed by atoms with Crippen LogP contribution in [0.5, 0.6) is 0 Å². The van der Waals surface area contributed by atoms with Gasteiger partial charge in [-0.15, -0.1) is 24.0 Å². The molecule has 2 N–H and O–H groups in total. The summed E-state index contributed by atoms with van der Waals surface area (Å²) < 4.78 is 64.6. The van der Waals surface area contributed by atoms with Crippen molar-refractivity contribution in [3.8, 4) is 0 Å². The maximum atomic E-state index is 12.6. The fraction of sp³-hybridized carbons (Fsp3) is 0.611. The molecule has 1 aliphatic carbocycles. The first-order chi connectivity index (χ1) is 13.1. The molecule has 1 aliphatic rings. The molecule has 29 heavy (non-hydrogen) atoms. The van der Waals surface area contributed by atoms with E-state index < -0.39 is 21.8 Å². The van der Waals surface area contributed by atoms with Crippen LogP contribution in [0, 0.1) is 5.92 Å². The minimum absolute atomic E-state index is 0. The van der Waals surface area contributed by atoms with Gasteiger partial charge in [-0.05, 0) is 36.5 Å². The maximum Gasteiger partial charge on any atom is 0.416 e. The Bertz CT molecular complexity index is 766. The quantitative estimate of drug-likeness (QED) is 0.298. The number of aliphatic imine (C=N–C) groups is 1. The highest BCUT2D eigenvalue weighted by Crippen LogP contribution is 2.29. The van der Waals surface area contributed by atoms with Crippen molar-refractivity contribution < 1.29 is 21.6 Å². The number of benzene rings is 1. The number of guanidine groups is 1. The Morgan fingerprint density at radius 2 is 1.86 bits per heavy atom. The molecular formula is C18H28F3IN4O2S.